The van der Waals surface area contributed by atoms with Gasteiger partial charge in [0.1, 0.15) is 5.76 Å². The van der Waals surface area contributed by atoms with E-state index in [-0.39, 0.29) is 12.1 Å². The van der Waals surface area contributed by atoms with Crippen LogP contribution in [0.25, 0.3) is 0 Å². The normalized spacial score (nSPS) is 19.4. The maximum Gasteiger partial charge on any atom is 0.317 e. The van der Waals surface area contributed by atoms with Gasteiger partial charge in [-0.25, -0.2) is 4.79 Å². The van der Waals surface area contributed by atoms with E-state index >= 15 is 0 Å². The van der Waals surface area contributed by atoms with E-state index in [2.05, 4.69) is 34.5 Å². The third-order valence-corrected chi connectivity index (χ3v) is 5.77. The second kappa shape index (κ2) is 8.07. The molecule has 1 aliphatic heterocycles. The number of benzene rings is 1. The van der Waals surface area contributed by atoms with E-state index in [1.54, 1.807) is 11.2 Å². The molecule has 1 fully saturated rings. The van der Waals surface area contributed by atoms with Crippen molar-refractivity contribution in [1.29, 1.82) is 0 Å². The predicted molar refractivity (Wildman–Crippen MR) is 107 cm³/mol. The summed E-state index contributed by atoms with van der Waals surface area (Å²) in [5.41, 5.74) is 3.58. The number of rotatable bonds is 4. The lowest BCUT2D eigenvalue weighted by Gasteiger charge is -2.29. The molecule has 144 valence electrons. The number of furan rings is 1. The molecular formula is C22H29N3O2. The van der Waals surface area contributed by atoms with E-state index in [0.717, 1.165) is 49.2 Å². The largest absolute Gasteiger partial charge is 0.469 e. The van der Waals surface area contributed by atoms with Crippen LogP contribution >= 0.6 is 0 Å². The summed E-state index contributed by atoms with van der Waals surface area (Å²) in [5.74, 6) is 1.02. The number of hydrogen-bond acceptors (Lipinski definition) is 3. The highest BCUT2D eigenvalue weighted by molar-refractivity contribution is 5.74. The number of carbonyl (C=O) groups excluding carboxylic acids is 1. The molecule has 0 saturated carbocycles. The van der Waals surface area contributed by atoms with Crippen molar-refractivity contribution in [1.82, 2.24) is 10.2 Å². The average Bonchev–Trinajstić information content (AvgIpc) is 3.19. The molecular weight excluding hydrogens is 338 g/mol. The van der Waals surface area contributed by atoms with Crippen LogP contribution in [0.15, 0.2) is 41.0 Å². The Labute approximate surface area is 161 Å². The molecule has 27 heavy (non-hydrogen) atoms. The first-order valence-corrected chi connectivity index (χ1v) is 10.1. The molecule has 2 aliphatic rings. The Balaban J connectivity index is 1.33. The van der Waals surface area contributed by atoms with Crippen molar-refractivity contribution < 1.29 is 9.21 Å². The zero-order chi connectivity index (χ0) is 18.6. The molecule has 1 aromatic carbocycles. The van der Waals surface area contributed by atoms with E-state index in [4.69, 9.17) is 4.42 Å². The third kappa shape index (κ3) is 4.12. The fraction of sp³-hybridized carbons (Fsp3) is 0.500. The minimum atomic E-state index is -0.0332. The number of nitrogens with zero attached hydrogens (tertiary/aromatic N) is 2. The SMILES string of the molecule is CN(Cc1ccc(N2CCCCC2)cc1)C(=O)NC1CCCc2occc21. The Morgan fingerprint density at radius 1 is 1.15 bits per heavy atom. The van der Waals surface area contributed by atoms with Gasteiger partial charge in [0.05, 0.1) is 12.3 Å². The van der Waals surface area contributed by atoms with Gasteiger partial charge in [-0.15, -0.1) is 0 Å². The number of hydrogen-bond donors (Lipinski definition) is 1. The van der Waals surface area contributed by atoms with E-state index in [1.165, 1.54) is 24.9 Å². The molecule has 1 aromatic heterocycles. The zero-order valence-corrected chi connectivity index (χ0v) is 16.1. The summed E-state index contributed by atoms with van der Waals surface area (Å²) < 4.78 is 5.52. The Morgan fingerprint density at radius 3 is 2.70 bits per heavy atom. The van der Waals surface area contributed by atoms with Crippen molar-refractivity contribution >= 4 is 11.7 Å². The predicted octanol–water partition coefficient (Wildman–Crippen LogP) is 4.49. The molecule has 2 amide bonds. The van der Waals surface area contributed by atoms with Crippen LogP contribution in [0.1, 0.15) is 55.0 Å². The van der Waals surface area contributed by atoms with E-state index in [0.29, 0.717) is 6.54 Å². The summed E-state index contributed by atoms with van der Waals surface area (Å²) in [6.45, 7) is 2.91. The minimum absolute atomic E-state index is 0.0332. The number of urea groups is 1. The summed E-state index contributed by atoms with van der Waals surface area (Å²) in [7, 11) is 1.85. The van der Waals surface area contributed by atoms with Gasteiger partial charge < -0.3 is 19.5 Å². The molecule has 1 aliphatic carbocycles. The Hall–Kier alpha value is -2.43. The molecule has 5 heteroatoms. The van der Waals surface area contributed by atoms with Gasteiger partial charge in [-0.3, -0.25) is 0 Å². The van der Waals surface area contributed by atoms with Gasteiger partial charge >= 0.3 is 6.03 Å². The van der Waals surface area contributed by atoms with Crippen molar-refractivity contribution in [3.05, 3.63) is 53.5 Å². The monoisotopic (exact) mass is 367 g/mol. The summed E-state index contributed by atoms with van der Waals surface area (Å²) in [6, 6.07) is 10.7. The second-order valence-electron chi connectivity index (χ2n) is 7.76. The first kappa shape index (κ1) is 18.0. The highest BCUT2D eigenvalue weighted by atomic mass is 16.3. The van der Waals surface area contributed by atoms with Crippen molar-refractivity contribution in [2.75, 3.05) is 25.0 Å². The average molecular weight is 367 g/mol. The fourth-order valence-electron chi connectivity index (χ4n) is 4.21. The third-order valence-electron chi connectivity index (χ3n) is 5.77. The minimum Gasteiger partial charge on any atom is -0.469 e. The fourth-order valence-corrected chi connectivity index (χ4v) is 4.21. The van der Waals surface area contributed by atoms with Crippen LogP contribution in [0.4, 0.5) is 10.5 Å². The van der Waals surface area contributed by atoms with Crippen LogP contribution in [0.2, 0.25) is 0 Å². The molecule has 5 nitrogen and oxygen atoms in total. The van der Waals surface area contributed by atoms with Gasteiger partial charge in [0, 0.05) is 44.4 Å². The Morgan fingerprint density at radius 2 is 1.93 bits per heavy atom. The lowest BCUT2D eigenvalue weighted by atomic mass is 9.93. The molecule has 0 radical (unpaired) electrons. The topological polar surface area (TPSA) is 48.7 Å². The molecule has 1 N–H and O–H groups in total. The van der Waals surface area contributed by atoms with Crippen molar-refractivity contribution in [3.63, 3.8) is 0 Å². The molecule has 1 atom stereocenters. The number of nitrogens with one attached hydrogen (secondary N) is 1. The molecule has 0 bridgehead atoms. The molecule has 0 spiro atoms. The highest BCUT2D eigenvalue weighted by Gasteiger charge is 2.25. The molecule has 2 aromatic rings. The van der Waals surface area contributed by atoms with Crippen LogP contribution < -0.4 is 10.2 Å². The highest BCUT2D eigenvalue weighted by Crippen LogP contribution is 2.30. The number of amides is 2. The Bertz CT molecular complexity index is 762. The number of piperidine rings is 1. The second-order valence-corrected chi connectivity index (χ2v) is 7.76. The summed E-state index contributed by atoms with van der Waals surface area (Å²) in [6.07, 6.45) is 8.62. The number of aryl methyl sites for hydroxylation is 1. The van der Waals surface area contributed by atoms with Crippen molar-refractivity contribution in [2.45, 2.75) is 51.1 Å². The summed E-state index contributed by atoms with van der Waals surface area (Å²) >= 11 is 0. The summed E-state index contributed by atoms with van der Waals surface area (Å²) in [4.78, 5) is 16.8. The van der Waals surface area contributed by atoms with Gasteiger partial charge in [-0.2, -0.15) is 0 Å². The van der Waals surface area contributed by atoms with Gasteiger partial charge in [-0.1, -0.05) is 12.1 Å². The quantitative estimate of drug-likeness (QED) is 0.866. The Kier molecular flexibility index (Phi) is 5.37. The first-order chi connectivity index (χ1) is 13.2. The van der Waals surface area contributed by atoms with E-state index < -0.39 is 0 Å². The van der Waals surface area contributed by atoms with Crippen LogP contribution in [0.3, 0.4) is 0 Å². The molecule has 1 unspecified atom stereocenters. The smallest absolute Gasteiger partial charge is 0.317 e. The van der Waals surface area contributed by atoms with Crippen LogP contribution in [-0.4, -0.2) is 31.1 Å². The number of fused-ring (bicyclic) bond motifs is 1. The van der Waals surface area contributed by atoms with Gasteiger partial charge in [0.15, 0.2) is 0 Å². The zero-order valence-electron chi connectivity index (χ0n) is 16.1. The van der Waals surface area contributed by atoms with Crippen LogP contribution in [0, 0.1) is 0 Å². The van der Waals surface area contributed by atoms with Gasteiger partial charge in [0.2, 0.25) is 0 Å². The molecule has 2 heterocycles. The number of carbonyl (C=O) groups is 1. The van der Waals surface area contributed by atoms with E-state index in [1.807, 2.05) is 13.1 Å². The van der Waals surface area contributed by atoms with E-state index in [9.17, 15) is 4.79 Å². The van der Waals surface area contributed by atoms with Gasteiger partial charge in [-0.05, 0) is 55.9 Å². The van der Waals surface area contributed by atoms with Gasteiger partial charge in [0.25, 0.3) is 0 Å². The number of anilines is 1. The van der Waals surface area contributed by atoms with Crippen molar-refractivity contribution in [3.8, 4) is 0 Å². The maximum atomic E-state index is 12.6. The lowest BCUT2D eigenvalue weighted by Crippen LogP contribution is -2.39. The maximum absolute atomic E-state index is 12.6. The van der Waals surface area contributed by atoms with Crippen molar-refractivity contribution in [2.24, 2.45) is 0 Å². The lowest BCUT2D eigenvalue weighted by molar-refractivity contribution is 0.201. The molecule has 4 rings (SSSR count). The van der Waals surface area contributed by atoms with Crippen LogP contribution in [-0.2, 0) is 13.0 Å². The summed E-state index contributed by atoms with van der Waals surface area (Å²) in [5, 5.41) is 3.16. The van der Waals surface area contributed by atoms with Crippen LogP contribution in [0.5, 0.6) is 0 Å². The first-order valence-electron chi connectivity index (χ1n) is 10.1. The molecule has 1 saturated heterocycles. The standard InChI is InChI=1S/C22H29N3O2/c1-24(22(26)23-20-6-5-7-21-19(20)12-15-27-21)16-17-8-10-18(11-9-17)25-13-3-2-4-14-25/h8-12,15,20H,2-7,13-14,16H2,1H3,(H,23,26).